The van der Waals surface area contributed by atoms with Crippen LogP contribution >= 0.6 is 0 Å². The standard InChI is InChI=1S/C18H28N4O2/c1-4-24-17(23)16-6-5-11-22(13-16)18(19-3)20-10-9-15-8-7-14(2)21-12-15/h7-8,12,16H,4-6,9-11,13H2,1-3H3,(H,19,20)/t16-/m0/s1. The molecular weight excluding hydrogens is 304 g/mol. The molecule has 2 heterocycles. The van der Waals surface area contributed by atoms with Crippen molar-refractivity contribution in [2.24, 2.45) is 10.9 Å². The number of nitrogens with zero attached hydrogens (tertiary/aromatic N) is 3. The molecule has 0 aromatic carbocycles. The van der Waals surface area contributed by atoms with Gasteiger partial charge in [-0.3, -0.25) is 14.8 Å². The molecule has 1 aromatic heterocycles. The number of hydrogen-bond acceptors (Lipinski definition) is 4. The molecule has 1 atom stereocenters. The van der Waals surface area contributed by atoms with E-state index in [-0.39, 0.29) is 11.9 Å². The zero-order chi connectivity index (χ0) is 17.4. The smallest absolute Gasteiger partial charge is 0.310 e. The van der Waals surface area contributed by atoms with E-state index in [1.165, 1.54) is 5.56 Å². The Hall–Kier alpha value is -2.11. The molecule has 0 aliphatic carbocycles. The van der Waals surface area contributed by atoms with Crippen molar-refractivity contribution in [3.8, 4) is 0 Å². The van der Waals surface area contributed by atoms with Crippen molar-refractivity contribution in [1.29, 1.82) is 0 Å². The molecule has 24 heavy (non-hydrogen) atoms. The highest BCUT2D eigenvalue weighted by atomic mass is 16.5. The number of guanidine groups is 1. The number of carbonyl (C=O) groups is 1. The van der Waals surface area contributed by atoms with Gasteiger partial charge < -0.3 is 15.0 Å². The molecule has 1 saturated heterocycles. The maximum atomic E-state index is 12.0. The lowest BCUT2D eigenvalue weighted by atomic mass is 9.98. The van der Waals surface area contributed by atoms with E-state index in [1.807, 2.05) is 26.1 Å². The van der Waals surface area contributed by atoms with Crippen LogP contribution in [0.2, 0.25) is 0 Å². The number of esters is 1. The van der Waals surface area contributed by atoms with Crippen LogP contribution in [0.4, 0.5) is 0 Å². The molecule has 6 nitrogen and oxygen atoms in total. The third-order valence-electron chi connectivity index (χ3n) is 4.22. The van der Waals surface area contributed by atoms with Crippen molar-refractivity contribution in [1.82, 2.24) is 15.2 Å². The average molecular weight is 332 g/mol. The Bertz CT molecular complexity index is 557. The van der Waals surface area contributed by atoms with Crippen LogP contribution in [-0.2, 0) is 16.0 Å². The van der Waals surface area contributed by atoms with Crippen molar-refractivity contribution in [3.63, 3.8) is 0 Å². The second-order valence-corrected chi connectivity index (χ2v) is 6.07. The van der Waals surface area contributed by atoms with E-state index in [2.05, 4.69) is 26.3 Å². The van der Waals surface area contributed by atoms with Gasteiger partial charge >= 0.3 is 5.97 Å². The van der Waals surface area contributed by atoms with Crippen LogP contribution in [0.1, 0.15) is 31.0 Å². The average Bonchev–Trinajstić information content (AvgIpc) is 2.60. The van der Waals surface area contributed by atoms with Gasteiger partial charge in [0.25, 0.3) is 0 Å². The number of aromatic nitrogens is 1. The van der Waals surface area contributed by atoms with Crippen LogP contribution in [0.25, 0.3) is 0 Å². The van der Waals surface area contributed by atoms with Crippen molar-refractivity contribution in [2.75, 3.05) is 33.3 Å². The van der Waals surface area contributed by atoms with Gasteiger partial charge in [0.2, 0.25) is 0 Å². The lowest BCUT2D eigenvalue weighted by Gasteiger charge is -2.33. The predicted molar refractivity (Wildman–Crippen MR) is 95.0 cm³/mol. The van der Waals surface area contributed by atoms with Gasteiger partial charge in [0, 0.05) is 38.6 Å². The zero-order valence-corrected chi connectivity index (χ0v) is 14.9. The Morgan fingerprint density at radius 1 is 1.50 bits per heavy atom. The van der Waals surface area contributed by atoms with Gasteiger partial charge in [0.1, 0.15) is 0 Å². The number of ether oxygens (including phenoxy) is 1. The first kappa shape index (κ1) is 18.2. The summed E-state index contributed by atoms with van der Waals surface area (Å²) in [6, 6.07) is 4.13. The van der Waals surface area contributed by atoms with E-state index < -0.39 is 0 Å². The van der Waals surface area contributed by atoms with E-state index in [1.54, 1.807) is 7.05 Å². The van der Waals surface area contributed by atoms with Gasteiger partial charge in [0.15, 0.2) is 5.96 Å². The third kappa shape index (κ3) is 5.22. The number of likely N-dealkylation sites (tertiary alicyclic amines) is 1. The van der Waals surface area contributed by atoms with E-state index in [9.17, 15) is 4.79 Å². The summed E-state index contributed by atoms with van der Waals surface area (Å²) in [6.07, 6.45) is 4.67. The van der Waals surface area contributed by atoms with Crippen molar-refractivity contribution >= 4 is 11.9 Å². The number of hydrogen-bond donors (Lipinski definition) is 1. The summed E-state index contributed by atoms with van der Waals surface area (Å²) in [7, 11) is 1.78. The largest absolute Gasteiger partial charge is 0.466 e. The van der Waals surface area contributed by atoms with E-state index in [0.717, 1.165) is 44.0 Å². The molecule has 132 valence electrons. The summed E-state index contributed by atoms with van der Waals surface area (Å²) in [4.78, 5) is 22.8. The fraction of sp³-hybridized carbons (Fsp3) is 0.611. The van der Waals surface area contributed by atoms with Crippen LogP contribution in [-0.4, -0.2) is 55.1 Å². The number of carbonyl (C=O) groups excluding carboxylic acids is 1. The van der Waals surface area contributed by atoms with Crippen LogP contribution in [0, 0.1) is 12.8 Å². The SMILES string of the molecule is CCOC(=O)[C@H]1CCCN(C(=NC)NCCc2ccc(C)nc2)C1. The van der Waals surface area contributed by atoms with Gasteiger partial charge in [-0.1, -0.05) is 6.07 Å². The Balaban J connectivity index is 1.84. The molecule has 0 spiro atoms. The molecule has 1 aliphatic rings. The number of aryl methyl sites for hydroxylation is 1. The molecule has 0 amide bonds. The monoisotopic (exact) mass is 332 g/mol. The topological polar surface area (TPSA) is 66.8 Å². The maximum Gasteiger partial charge on any atom is 0.310 e. The Kier molecular flexibility index (Phi) is 7.03. The highest BCUT2D eigenvalue weighted by Gasteiger charge is 2.28. The maximum absolute atomic E-state index is 12.0. The lowest BCUT2D eigenvalue weighted by molar-refractivity contribution is -0.149. The molecule has 0 bridgehead atoms. The van der Waals surface area contributed by atoms with E-state index in [0.29, 0.717) is 13.2 Å². The van der Waals surface area contributed by atoms with Crippen LogP contribution in [0.5, 0.6) is 0 Å². The van der Waals surface area contributed by atoms with Gasteiger partial charge in [-0.05, 0) is 44.7 Å². The molecule has 0 radical (unpaired) electrons. The van der Waals surface area contributed by atoms with Gasteiger partial charge in [-0.15, -0.1) is 0 Å². The zero-order valence-electron chi connectivity index (χ0n) is 14.9. The number of aliphatic imine (C=N–C) groups is 1. The van der Waals surface area contributed by atoms with Gasteiger partial charge in [0.05, 0.1) is 12.5 Å². The van der Waals surface area contributed by atoms with Crippen molar-refractivity contribution in [2.45, 2.75) is 33.1 Å². The fourth-order valence-corrected chi connectivity index (χ4v) is 2.92. The van der Waals surface area contributed by atoms with Gasteiger partial charge in [-0.25, -0.2) is 0 Å². The summed E-state index contributed by atoms with van der Waals surface area (Å²) in [5.74, 6) is 0.700. The van der Waals surface area contributed by atoms with Gasteiger partial charge in [-0.2, -0.15) is 0 Å². The minimum atomic E-state index is -0.0941. The molecule has 1 N–H and O–H groups in total. The second-order valence-electron chi connectivity index (χ2n) is 6.07. The predicted octanol–water partition coefficient (Wildman–Crippen LogP) is 1.78. The normalized spacial score (nSPS) is 18.4. The highest BCUT2D eigenvalue weighted by Crippen LogP contribution is 2.18. The summed E-state index contributed by atoms with van der Waals surface area (Å²) < 4.78 is 5.16. The molecule has 0 unspecified atom stereocenters. The number of rotatable bonds is 5. The number of pyridine rings is 1. The quantitative estimate of drug-likeness (QED) is 0.506. The minimum Gasteiger partial charge on any atom is -0.466 e. The molecule has 0 saturated carbocycles. The van der Waals surface area contributed by atoms with Crippen LogP contribution in [0.15, 0.2) is 23.3 Å². The Morgan fingerprint density at radius 2 is 2.33 bits per heavy atom. The van der Waals surface area contributed by atoms with E-state index in [4.69, 9.17) is 4.74 Å². The summed E-state index contributed by atoms with van der Waals surface area (Å²) in [6.45, 7) is 6.65. The first-order chi connectivity index (χ1) is 11.6. The Morgan fingerprint density at radius 3 is 3.00 bits per heavy atom. The first-order valence-electron chi connectivity index (χ1n) is 8.67. The van der Waals surface area contributed by atoms with Crippen LogP contribution < -0.4 is 5.32 Å². The Labute approximate surface area is 144 Å². The van der Waals surface area contributed by atoms with Crippen molar-refractivity contribution in [3.05, 3.63) is 29.6 Å². The highest BCUT2D eigenvalue weighted by molar-refractivity contribution is 5.81. The second kappa shape index (κ2) is 9.25. The third-order valence-corrected chi connectivity index (χ3v) is 4.22. The fourth-order valence-electron chi connectivity index (χ4n) is 2.92. The summed E-state index contributed by atoms with van der Waals surface area (Å²) in [5.41, 5.74) is 2.23. The molecular formula is C18H28N4O2. The molecule has 6 heteroatoms. The lowest BCUT2D eigenvalue weighted by Crippen LogP contribution is -2.48. The molecule has 2 rings (SSSR count). The van der Waals surface area contributed by atoms with Crippen LogP contribution in [0.3, 0.4) is 0 Å². The summed E-state index contributed by atoms with van der Waals surface area (Å²) >= 11 is 0. The first-order valence-corrected chi connectivity index (χ1v) is 8.67. The number of piperidine rings is 1. The molecule has 1 aromatic rings. The van der Waals surface area contributed by atoms with E-state index >= 15 is 0 Å². The molecule has 1 fully saturated rings. The summed E-state index contributed by atoms with van der Waals surface area (Å²) in [5, 5.41) is 3.39. The van der Waals surface area contributed by atoms with Crippen molar-refractivity contribution < 1.29 is 9.53 Å². The minimum absolute atomic E-state index is 0.0569. The number of nitrogens with one attached hydrogen (secondary N) is 1. The molecule has 1 aliphatic heterocycles.